The summed E-state index contributed by atoms with van der Waals surface area (Å²) < 4.78 is 19.4. The highest BCUT2D eigenvalue weighted by molar-refractivity contribution is 6.31. The van der Waals surface area contributed by atoms with Crippen LogP contribution in [-0.2, 0) is 7.05 Å². The number of aromatic nitrogens is 5. The van der Waals surface area contributed by atoms with Crippen LogP contribution in [0, 0.1) is 5.82 Å². The molecule has 0 unspecified atom stereocenters. The number of hydrogen-bond donors (Lipinski definition) is 0. The van der Waals surface area contributed by atoms with Crippen LogP contribution in [0.15, 0.2) is 47.5 Å². The number of halogens is 2. The van der Waals surface area contributed by atoms with E-state index in [1.54, 1.807) is 22.5 Å². The zero-order valence-electron chi connectivity index (χ0n) is 15.4. The van der Waals surface area contributed by atoms with E-state index in [2.05, 4.69) is 5.10 Å². The fourth-order valence-electron chi connectivity index (χ4n) is 3.99. The maximum absolute atomic E-state index is 14.3. The molecule has 8 heteroatoms. The second-order valence-electron chi connectivity index (χ2n) is 7.54. The number of pyridine rings is 1. The van der Waals surface area contributed by atoms with E-state index in [1.165, 1.54) is 12.1 Å². The van der Waals surface area contributed by atoms with Crippen molar-refractivity contribution < 1.29 is 4.39 Å². The van der Waals surface area contributed by atoms with Crippen LogP contribution in [0.5, 0.6) is 0 Å². The summed E-state index contributed by atoms with van der Waals surface area (Å²) >= 11 is 6.10. The van der Waals surface area contributed by atoms with Crippen LogP contribution in [0.3, 0.4) is 0 Å². The molecule has 5 aromatic rings. The van der Waals surface area contributed by atoms with Crippen LogP contribution in [0.4, 0.5) is 4.39 Å². The first-order valence-electron chi connectivity index (χ1n) is 9.36. The minimum Gasteiger partial charge on any atom is -0.274 e. The predicted molar refractivity (Wildman–Crippen MR) is 110 cm³/mol. The molecule has 0 bridgehead atoms. The number of fused-ring (bicyclic) bond motifs is 4. The standard InChI is InChI=1S/C21H15ClFN5O/c1-26-10-14-13-7-16(23)15(22)8-18(13)28(21(29)20(14)24-26)17-4-2-3-11-9-27(12-5-6-12)25-19(11)17/h2-4,7-10,12H,5-6H2,1H3. The van der Waals surface area contributed by atoms with Gasteiger partial charge in [-0.2, -0.15) is 10.2 Å². The normalized spacial score (nSPS) is 14.4. The lowest BCUT2D eigenvalue weighted by molar-refractivity contribution is 0.630. The smallest absolute Gasteiger partial charge is 0.274 e. The van der Waals surface area contributed by atoms with Crippen LogP contribution >= 0.6 is 11.6 Å². The first kappa shape index (κ1) is 16.7. The van der Waals surface area contributed by atoms with Gasteiger partial charge in [-0.15, -0.1) is 0 Å². The Kier molecular flexibility index (Phi) is 3.27. The molecule has 0 amide bonds. The molecule has 3 aromatic heterocycles. The fourth-order valence-corrected chi connectivity index (χ4v) is 4.15. The number of hydrogen-bond acceptors (Lipinski definition) is 3. The Hall–Kier alpha value is -3.19. The van der Waals surface area contributed by atoms with Gasteiger partial charge < -0.3 is 0 Å². The van der Waals surface area contributed by atoms with Crippen molar-refractivity contribution in [1.82, 2.24) is 24.1 Å². The molecule has 6 nitrogen and oxygen atoms in total. The summed E-state index contributed by atoms with van der Waals surface area (Å²) in [5, 5.41) is 11.2. The molecule has 6 rings (SSSR count). The highest BCUT2D eigenvalue weighted by Gasteiger charge is 2.26. The Labute approximate surface area is 168 Å². The minimum atomic E-state index is -0.536. The summed E-state index contributed by atoms with van der Waals surface area (Å²) in [5.74, 6) is -0.536. The number of benzene rings is 2. The molecule has 0 aliphatic heterocycles. The molecular formula is C21H15ClFN5O. The fraction of sp³-hybridized carbons (Fsp3) is 0.190. The van der Waals surface area contributed by atoms with Crippen molar-refractivity contribution in [3.63, 3.8) is 0 Å². The van der Waals surface area contributed by atoms with Gasteiger partial charge in [0.15, 0.2) is 5.52 Å². The second-order valence-corrected chi connectivity index (χ2v) is 7.95. The second kappa shape index (κ2) is 5.67. The Balaban J connectivity index is 1.79. The average Bonchev–Trinajstić information content (AvgIpc) is 3.32. The van der Waals surface area contributed by atoms with Gasteiger partial charge in [-0.1, -0.05) is 23.7 Å². The van der Waals surface area contributed by atoms with E-state index in [0.29, 0.717) is 28.0 Å². The van der Waals surface area contributed by atoms with Crippen molar-refractivity contribution in [2.24, 2.45) is 7.05 Å². The number of nitrogens with zero attached hydrogens (tertiary/aromatic N) is 5. The molecule has 1 aliphatic carbocycles. The Morgan fingerprint density at radius 2 is 1.93 bits per heavy atom. The van der Waals surface area contributed by atoms with E-state index in [0.717, 1.165) is 23.7 Å². The van der Waals surface area contributed by atoms with E-state index in [1.807, 2.05) is 29.1 Å². The summed E-state index contributed by atoms with van der Waals surface area (Å²) in [6.07, 6.45) is 5.96. The van der Waals surface area contributed by atoms with Gasteiger partial charge in [-0.25, -0.2) is 4.39 Å². The van der Waals surface area contributed by atoms with Gasteiger partial charge in [0, 0.05) is 35.6 Å². The molecule has 1 fully saturated rings. The van der Waals surface area contributed by atoms with E-state index >= 15 is 0 Å². The van der Waals surface area contributed by atoms with E-state index in [9.17, 15) is 9.18 Å². The first-order chi connectivity index (χ1) is 14.0. The third-order valence-electron chi connectivity index (χ3n) is 5.50. The van der Waals surface area contributed by atoms with Crippen LogP contribution in [0.1, 0.15) is 18.9 Å². The third-order valence-corrected chi connectivity index (χ3v) is 5.79. The van der Waals surface area contributed by atoms with Crippen molar-refractivity contribution in [2.75, 3.05) is 0 Å². The average molecular weight is 408 g/mol. The summed E-state index contributed by atoms with van der Waals surface area (Å²) in [7, 11) is 1.74. The largest absolute Gasteiger partial charge is 0.284 e. The maximum atomic E-state index is 14.3. The van der Waals surface area contributed by atoms with Gasteiger partial charge >= 0.3 is 0 Å². The maximum Gasteiger partial charge on any atom is 0.284 e. The van der Waals surface area contributed by atoms with Crippen LogP contribution < -0.4 is 5.56 Å². The van der Waals surface area contributed by atoms with Crippen LogP contribution in [0.25, 0.3) is 38.4 Å². The Bertz CT molecular complexity index is 1530. The molecule has 0 saturated heterocycles. The highest BCUT2D eigenvalue weighted by atomic mass is 35.5. The van der Waals surface area contributed by atoms with Crippen molar-refractivity contribution in [2.45, 2.75) is 18.9 Å². The first-order valence-corrected chi connectivity index (χ1v) is 9.74. The molecule has 2 aromatic carbocycles. The quantitative estimate of drug-likeness (QED) is 0.437. The topological polar surface area (TPSA) is 57.6 Å². The van der Waals surface area contributed by atoms with E-state index in [4.69, 9.17) is 16.7 Å². The molecule has 3 heterocycles. The van der Waals surface area contributed by atoms with Crippen LogP contribution in [0.2, 0.25) is 5.02 Å². The molecule has 29 heavy (non-hydrogen) atoms. The number of aryl methyl sites for hydroxylation is 1. The zero-order valence-corrected chi connectivity index (χ0v) is 16.2. The molecule has 1 saturated carbocycles. The summed E-state index contributed by atoms with van der Waals surface area (Å²) in [4.78, 5) is 13.5. The van der Waals surface area contributed by atoms with Gasteiger partial charge in [0.05, 0.1) is 22.3 Å². The zero-order chi connectivity index (χ0) is 19.9. The van der Waals surface area contributed by atoms with Crippen LogP contribution in [-0.4, -0.2) is 24.1 Å². The summed E-state index contributed by atoms with van der Waals surface area (Å²) in [5.41, 5.74) is 1.87. The Morgan fingerprint density at radius 1 is 1.10 bits per heavy atom. The molecule has 144 valence electrons. The van der Waals surface area contributed by atoms with Gasteiger partial charge in [0.1, 0.15) is 11.3 Å². The molecule has 0 N–H and O–H groups in total. The summed E-state index contributed by atoms with van der Waals surface area (Å²) in [6, 6.07) is 8.99. The summed E-state index contributed by atoms with van der Waals surface area (Å²) in [6.45, 7) is 0. The van der Waals surface area contributed by atoms with Crippen molar-refractivity contribution in [3.05, 3.63) is 63.9 Å². The molecule has 0 radical (unpaired) electrons. The number of rotatable bonds is 2. The molecule has 0 atom stereocenters. The van der Waals surface area contributed by atoms with Gasteiger partial charge in [0.25, 0.3) is 5.56 Å². The van der Waals surface area contributed by atoms with Gasteiger partial charge in [-0.05, 0) is 31.0 Å². The van der Waals surface area contributed by atoms with Crippen molar-refractivity contribution in [3.8, 4) is 5.69 Å². The molecule has 0 spiro atoms. The van der Waals surface area contributed by atoms with Crippen molar-refractivity contribution in [1.29, 1.82) is 0 Å². The van der Waals surface area contributed by atoms with Gasteiger partial charge in [-0.3, -0.25) is 18.7 Å². The molecular weight excluding hydrogens is 393 g/mol. The third kappa shape index (κ3) is 2.37. The van der Waals surface area contributed by atoms with E-state index < -0.39 is 5.82 Å². The van der Waals surface area contributed by atoms with E-state index in [-0.39, 0.29) is 16.1 Å². The lowest BCUT2D eigenvalue weighted by Gasteiger charge is -2.12. The predicted octanol–water partition coefficient (Wildman–Crippen LogP) is 4.35. The lowest BCUT2D eigenvalue weighted by Crippen LogP contribution is -2.20. The van der Waals surface area contributed by atoms with Crippen molar-refractivity contribution >= 4 is 44.3 Å². The minimum absolute atomic E-state index is 0.0374. The lowest BCUT2D eigenvalue weighted by atomic mass is 10.1. The molecule has 1 aliphatic rings. The highest BCUT2D eigenvalue weighted by Crippen LogP contribution is 2.36. The van der Waals surface area contributed by atoms with Gasteiger partial charge in [0.2, 0.25) is 0 Å². The Morgan fingerprint density at radius 3 is 2.72 bits per heavy atom. The SMILES string of the molecule is Cn1cc2c(n1)c(=O)n(-c1cccc3cn(C4CC4)nc13)c1cc(Cl)c(F)cc21. The monoisotopic (exact) mass is 407 g/mol.